The second-order valence-electron chi connectivity index (χ2n) is 7.54. The minimum atomic E-state index is -4.50. The molecule has 1 atom stereocenters. The number of Topliss-reactive ketones (excluding diaryl/α,β-unsaturated/α-hetero) is 1. The minimum absolute atomic E-state index is 0.00615. The SMILES string of the molecule is Cc1cc(/C=C/C(c2ccc(Cl)c(Cl)c2)C(F)(F)F)ccc1C(=O)CCc1ccc(Cl)nc1. The maximum absolute atomic E-state index is 13.7. The maximum atomic E-state index is 13.7. The van der Waals surface area contributed by atoms with Gasteiger partial charge in [-0.1, -0.05) is 77.3 Å². The molecule has 8 heteroatoms. The van der Waals surface area contributed by atoms with Gasteiger partial charge >= 0.3 is 6.18 Å². The molecule has 1 heterocycles. The predicted octanol–water partition coefficient (Wildman–Crippen LogP) is 8.53. The average molecular weight is 513 g/mol. The molecule has 3 aromatic rings. The van der Waals surface area contributed by atoms with Gasteiger partial charge in [0.2, 0.25) is 0 Å². The van der Waals surface area contributed by atoms with Crippen LogP contribution < -0.4 is 0 Å². The molecule has 2 aromatic carbocycles. The van der Waals surface area contributed by atoms with Crippen molar-refractivity contribution >= 4 is 46.7 Å². The van der Waals surface area contributed by atoms with Crippen molar-refractivity contribution in [2.75, 3.05) is 0 Å². The van der Waals surface area contributed by atoms with Crippen LogP contribution in [0.25, 0.3) is 6.08 Å². The average Bonchev–Trinajstić information content (AvgIpc) is 2.75. The number of carbonyl (C=O) groups is 1. The summed E-state index contributed by atoms with van der Waals surface area (Å²) in [6, 6.07) is 12.3. The molecule has 0 bridgehead atoms. The van der Waals surface area contributed by atoms with Crippen LogP contribution in [0.15, 0.2) is 60.8 Å². The second kappa shape index (κ2) is 10.7. The Bertz CT molecular complexity index is 1170. The van der Waals surface area contributed by atoms with E-state index in [0.29, 0.717) is 28.3 Å². The standard InChI is InChI=1S/C25H19Cl3F3NO/c1-15-12-16(2-7-19(15)23(33)10-4-17-5-11-24(28)32-14-17)3-8-20(25(29,30)31)18-6-9-21(26)22(27)13-18/h2-3,5-9,11-14,20H,4,10H2,1H3/b8-3+. The lowest BCUT2D eigenvalue weighted by Gasteiger charge is -2.18. The Morgan fingerprint density at radius 1 is 1.03 bits per heavy atom. The number of aryl methyl sites for hydroxylation is 2. The van der Waals surface area contributed by atoms with Crippen LogP contribution in [-0.4, -0.2) is 16.9 Å². The second-order valence-corrected chi connectivity index (χ2v) is 8.74. The lowest BCUT2D eigenvalue weighted by atomic mass is 9.95. The molecule has 0 amide bonds. The van der Waals surface area contributed by atoms with Crippen molar-refractivity contribution in [2.24, 2.45) is 0 Å². The molecule has 3 rings (SSSR count). The van der Waals surface area contributed by atoms with E-state index in [2.05, 4.69) is 4.98 Å². The first kappa shape index (κ1) is 25.3. The Labute approximate surface area is 205 Å². The van der Waals surface area contributed by atoms with E-state index < -0.39 is 12.1 Å². The van der Waals surface area contributed by atoms with Gasteiger partial charge in [0.15, 0.2) is 5.78 Å². The van der Waals surface area contributed by atoms with E-state index in [9.17, 15) is 18.0 Å². The van der Waals surface area contributed by atoms with Gasteiger partial charge < -0.3 is 0 Å². The molecule has 0 aliphatic carbocycles. The Morgan fingerprint density at radius 2 is 1.79 bits per heavy atom. The van der Waals surface area contributed by atoms with Gasteiger partial charge in [-0.05, 0) is 53.8 Å². The van der Waals surface area contributed by atoms with Gasteiger partial charge in [0.25, 0.3) is 0 Å². The normalized spacial score (nSPS) is 12.8. The summed E-state index contributed by atoms with van der Waals surface area (Å²) in [7, 11) is 0. The van der Waals surface area contributed by atoms with Crippen molar-refractivity contribution in [1.29, 1.82) is 0 Å². The van der Waals surface area contributed by atoms with Crippen molar-refractivity contribution in [3.8, 4) is 0 Å². The first-order valence-electron chi connectivity index (χ1n) is 9.99. The van der Waals surface area contributed by atoms with Gasteiger partial charge in [-0.2, -0.15) is 13.2 Å². The van der Waals surface area contributed by atoms with E-state index >= 15 is 0 Å². The minimum Gasteiger partial charge on any atom is -0.294 e. The Morgan fingerprint density at radius 3 is 2.39 bits per heavy atom. The molecule has 33 heavy (non-hydrogen) atoms. The number of alkyl halides is 3. The number of ketones is 1. The molecule has 172 valence electrons. The first-order chi connectivity index (χ1) is 15.5. The van der Waals surface area contributed by atoms with Gasteiger partial charge in [0.1, 0.15) is 5.15 Å². The van der Waals surface area contributed by atoms with Crippen LogP contribution >= 0.6 is 34.8 Å². The molecule has 1 unspecified atom stereocenters. The molecule has 0 spiro atoms. The molecule has 0 aliphatic heterocycles. The number of nitrogens with zero attached hydrogens (tertiary/aromatic N) is 1. The van der Waals surface area contributed by atoms with Crippen LogP contribution in [0.2, 0.25) is 15.2 Å². The Balaban J connectivity index is 1.75. The smallest absolute Gasteiger partial charge is 0.294 e. The third-order valence-electron chi connectivity index (χ3n) is 5.12. The van der Waals surface area contributed by atoms with Crippen molar-refractivity contribution in [1.82, 2.24) is 4.98 Å². The first-order valence-corrected chi connectivity index (χ1v) is 11.1. The van der Waals surface area contributed by atoms with Crippen molar-refractivity contribution in [3.63, 3.8) is 0 Å². The van der Waals surface area contributed by atoms with E-state index in [-0.39, 0.29) is 27.8 Å². The zero-order valence-electron chi connectivity index (χ0n) is 17.5. The molecule has 0 fully saturated rings. The fraction of sp³-hybridized carbons (Fsp3) is 0.200. The summed E-state index contributed by atoms with van der Waals surface area (Å²) in [4.78, 5) is 16.6. The lowest BCUT2D eigenvalue weighted by molar-refractivity contribution is -0.139. The molecule has 0 saturated carbocycles. The number of allylic oxidation sites excluding steroid dienone is 1. The maximum Gasteiger partial charge on any atom is 0.399 e. The van der Waals surface area contributed by atoms with Crippen LogP contribution in [0.1, 0.15) is 45.0 Å². The molecule has 0 aliphatic rings. The Hall–Kier alpha value is -2.34. The van der Waals surface area contributed by atoms with Gasteiger partial charge in [-0.15, -0.1) is 0 Å². The van der Waals surface area contributed by atoms with E-state index in [4.69, 9.17) is 34.8 Å². The predicted molar refractivity (Wildman–Crippen MR) is 127 cm³/mol. The zero-order chi connectivity index (χ0) is 24.2. The van der Waals surface area contributed by atoms with Crippen molar-refractivity contribution in [3.05, 3.63) is 104 Å². The molecular weight excluding hydrogens is 494 g/mol. The molecular formula is C25H19Cl3F3NO. The number of rotatable bonds is 7. The monoisotopic (exact) mass is 511 g/mol. The van der Waals surface area contributed by atoms with Crippen molar-refractivity contribution in [2.45, 2.75) is 31.9 Å². The molecule has 2 nitrogen and oxygen atoms in total. The highest BCUT2D eigenvalue weighted by atomic mass is 35.5. The fourth-order valence-corrected chi connectivity index (χ4v) is 3.79. The van der Waals surface area contributed by atoms with Crippen LogP contribution in [0, 0.1) is 6.92 Å². The molecule has 0 radical (unpaired) electrons. The van der Waals surface area contributed by atoms with Gasteiger partial charge in [-0.3, -0.25) is 4.79 Å². The van der Waals surface area contributed by atoms with Crippen LogP contribution in [0.4, 0.5) is 13.2 Å². The summed E-state index contributed by atoms with van der Waals surface area (Å²) >= 11 is 17.5. The molecule has 1 aromatic heterocycles. The fourth-order valence-electron chi connectivity index (χ4n) is 3.37. The summed E-state index contributed by atoms with van der Waals surface area (Å²) in [6.07, 6.45) is 0.384. The van der Waals surface area contributed by atoms with Gasteiger partial charge in [0.05, 0.1) is 16.0 Å². The third kappa shape index (κ3) is 6.83. The van der Waals surface area contributed by atoms with E-state index in [1.807, 2.05) is 6.07 Å². The quantitative estimate of drug-likeness (QED) is 0.234. The Kier molecular flexibility index (Phi) is 8.22. The summed E-state index contributed by atoms with van der Waals surface area (Å²) in [5.74, 6) is -1.90. The number of halogens is 6. The van der Waals surface area contributed by atoms with Crippen LogP contribution in [0.5, 0.6) is 0 Å². The summed E-state index contributed by atoms with van der Waals surface area (Å²) in [6.45, 7) is 1.76. The van der Waals surface area contributed by atoms with Crippen LogP contribution in [0.3, 0.4) is 0 Å². The van der Waals surface area contributed by atoms with Gasteiger partial charge in [0, 0.05) is 18.2 Å². The summed E-state index contributed by atoms with van der Waals surface area (Å²) in [5.41, 5.74) is 2.67. The van der Waals surface area contributed by atoms with E-state index in [1.54, 1.807) is 37.4 Å². The van der Waals surface area contributed by atoms with Gasteiger partial charge in [-0.25, -0.2) is 4.98 Å². The number of hydrogen-bond acceptors (Lipinski definition) is 2. The van der Waals surface area contributed by atoms with Crippen molar-refractivity contribution < 1.29 is 18.0 Å². The molecule has 0 saturated heterocycles. The number of benzene rings is 2. The number of pyridine rings is 1. The third-order valence-corrected chi connectivity index (χ3v) is 6.08. The highest BCUT2D eigenvalue weighted by molar-refractivity contribution is 6.42. The number of hydrogen-bond donors (Lipinski definition) is 0. The largest absolute Gasteiger partial charge is 0.399 e. The van der Waals surface area contributed by atoms with E-state index in [1.165, 1.54) is 24.3 Å². The number of aromatic nitrogens is 1. The highest BCUT2D eigenvalue weighted by Gasteiger charge is 2.39. The zero-order valence-corrected chi connectivity index (χ0v) is 19.7. The number of carbonyl (C=O) groups excluding carboxylic acids is 1. The molecule has 0 N–H and O–H groups in total. The highest BCUT2D eigenvalue weighted by Crippen LogP contribution is 2.38. The van der Waals surface area contributed by atoms with E-state index in [0.717, 1.165) is 11.6 Å². The van der Waals surface area contributed by atoms with Crippen LogP contribution in [-0.2, 0) is 6.42 Å². The topological polar surface area (TPSA) is 30.0 Å². The lowest BCUT2D eigenvalue weighted by Crippen LogP contribution is -2.18. The summed E-state index contributed by atoms with van der Waals surface area (Å²) in [5, 5.41) is 0.634. The summed E-state index contributed by atoms with van der Waals surface area (Å²) < 4.78 is 41.0.